The van der Waals surface area contributed by atoms with Gasteiger partial charge in [0.1, 0.15) is 0 Å². The van der Waals surface area contributed by atoms with Gasteiger partial charge in [0, 0.05) is 35.9 Å². The van der Waals surface area contributed by atoms with Gasteiger partial charge < -0.3 is 20.9 Å². The van der Waals surface area contributed by atoms with Crippen molar-refractivity contribution in [1.82, 2.24) is 0 Å². The summed E-state index contributed by atoms with van der Waals surface area (Å²) in [6, 6.07) is 15.7. The van der Waals surface area contributed by atoms with Gasteiger partial charge in [-0.25, -0.2) is 0 Å². The highest BCUT2D eigenvalue weighted by Crippen LogP contribution is 2.15. The molecule has 6 heteroatoms. The molecule has 5 nitrogen and oxygen atoms in total. The van der Waals surface area contributed by atoms with Crippen LogP contribution in [-0.4, -0.2) is 21.1 Å². The van der Waals surface area contributed by atoms with Crippen LogP contribution in [-0.2, 0) is 17.6 Å². The highest BCUT2D eigenvalue weighted by molar-refractivity contribution is 7.79. The van der Waals surface area contributed by atoms with Crippen LogP contribution in [0.5, 0.6) is 0 Å². The second-order valence-electron chi connectivity index (χ2n) is 4.96. The van der Waals surface area contributed by atoms with Crippen LogP contribution in [0.4, 0.5) is 17.1 Å². The lowest BCUT2D eigenvalue weighted by Crippen LogP contribution is -2.06. The molecule has 0 aliphatic carbocycles. The van der Waals surface area contributed by atoms with Crippen LogP contribution in [0.25, 0.3) is 0 Å². The van der Waals surface area contributed by atoms with Crippen molar-refractivity contribution in [3.8, 4) is 0 Å². The highest BCUT2D eigenvalue weighted by Gasteiger charge is 1.96. The maximum absolute atomic E-state index is 10.4. The first-order valence-electron chi connectivity index (χ1n) is 7.11. The quantitative estimate of drug-likeness (QED) is 0.395. The number of hydrogen-bond donors (Lipinski definition) is 3. The van der Waals surface area contributed by atoms with Gasteiger partial charge in [-0.05, 0) is 48.4 Å². The molecule has 1 atom stereocenters. The third kappa shape index (κ3) is 5.75. The maximum atomic E-state index is 10.4. The summed E-state index contributed by atoms with van der Waals surface area (Å²) in [5.41, 5.74) is 9.60. The number of nitrogens with two attached hydrogens (primary N) is 1. The van der Waals surface area contributed by atoms with Crippen LogP contribution < -0.4 is 16.4 Å². The molecule has 0 saturated carbocycles. The monoisotopic (exact) mass is 318 g/mol. The number of hydrogen-bond acceptors (Lipinski definition) is 5. The summed E-state index contributed by atoms with van der Waals surface area (Å²) >= 11 is -1.96. The molecule has 2 aromatic rings. The molecule has 0 heterocycles. The normalized spacial score (nSPS) is 11.9. The summed E-state index contributed by atoms with van der Waals surface area (Å²) in [5.74, 6) is 0.189. The Morgan fingerprint density at radius 2 is 1.55 bits per heavy atom. The molecule has 2 aromatic carbocycles. The van der Waals surface area contributed by atoms with Gasteiger partial charge in [0.2, 0.25) is 0 Å². The van der Waals surface area contributed by atoms with Gasteiger partial charge in [-0.2, -0.15) is 0 Å². The minimum absolute atomic E-state index is 0.189. The number of nitrogens with one attached hydrogen (secondary N) is 2. The zero-order chi connectivity index (χ0) is 15.8. The zero-order valence-corrected chi connectivity index (χ0v) is 13.1. The third-order valence-corrected chi connectivity index (χ3v) is 3.80. The van der Waals surface area contributed by atoms with E-state index >= 15 is 0 Å². The lowest BCUT2D eigenvalue weighted by Gasteiger charge is -2.10. The van der Waals surface area contributed by atoms with E-state index in [1.54, 1.807) is 0 Å². The molecule has 2 rings (SSSR count). The number of nitrogen functional groups attached to an aromatic ring is 1. The number of anilines is 3. The predicted octanol–water partition coefficient (Wildman–Crippen LogP) is 2.56. The molecule has 0 amide bonds. The Morgan fingerprint density at radius 3 is 2.14 bits per heavy atom. The van der Waals surface area contributed by atoms with E-state index in [1.807, 2.05) is 48.5 Å². The molecule has 0 bridgehead atoms. The van der Waals surface area contributed by atoms with Crippen LogP contribution in [0.15, 0.2) is 48.5 Å². The van der Waals surface area contributed by atoms with Gasteiger partial charge in [0.05, 0.1) is 0 Å². The predicted molar refractivity (Wildman–Crippen MR) is 91.5 cm³/mol. The van der Waals surface area contributed by atoms with Crippen molar-refractivity contribution in [3.05, 3.63) is 54.1 Å². The Kier molecular flexibility index (Phi) is 6.24. The van der Waals surface area contributed by atoms with Crippen molar-refractivity contribution in [1.29, 1.82) is 0 Å². The summed E-state index contributed by atoms with van der Waals surface area (Å²) in [5, 5.41) is 6.53. The first-order chi connectivity index (χ1) is 10.6. The van der Waals surface area contributed by atoms with E-state index in [1.165, 1.54) is 5.56 Å². The molecule has 1 unspecified atom stereocenters. The Morgan fingerprint density at radius 1 is 0.955 bits per heavy atom. The average Bonchev–Trinajstić information content (AvgIpc) is 2.52. The number of rotatable bonds is 8. The van der Waals surface area contributed by atoms with Gasteiger partial charge in [-0.1, -0.05) is 23.2 Å². The van der Waals surface area contributed by atoms with E-state index in [4.69, 9.17) is 5.73 Å². The molecular formula is C16H20N3O2S-. The van der Waals surface area contributed by atoms with E-state index < -0.39 is 11.1 Å². The largest absolute Gasteiger partial charge is 0.772 e. The van der Waals surface area contributed by atoms with Crippen molar-refractivity contribution >= 4 is 28.1 Å². The third-order valence-electron chi connectivity index (χ3n) is 3.18. The van der Waals surface area contributed by atoms with Gasteiger partial charge in [0.25, 0.3) is 0 Å². The van der Waals surface area contributed by atoms with Gasteiger partial charge in [0.15, 0.2) is 0 Å². The highest BCUT2D eigenvalue weighted by atomic mass is 32.2. The van der Waals surface area contributed by atoms with Gasteiger partial charge in [-0.15, -0.1) is 0 Å². The topological polar surface area (TPSA) is 90.2 Å². The Bertz CT molecular complexity index is 600. The van der Waals surface area contributed by atoms with Crippen molar-refractivity contribution in [2.24, 2.45) is 0 Å². The molecule has 0 aliphatic heterocycles. The van der Waals surface area contributed by atoms with Crippen LogP contribution in [0.3, 0.4) is 0 Å². The molecule has 0 aromatic heterocycles. The number of benzene rings is 2. The molecule has 0 fully saturated rings. The Balaban J connectivity index is 1.76. The van der Waals surface area contributed by atoms with Crippen LogP contribution in [0, 0.1) is 0 Å². The molecule has 0 saturated heterocycles. The van der Waals surface area contributed by atoms with Crippen molar-refractivity contribution in [2.75, 3.05) is 28.7 Å². The SMILES string of the molecule is Nc1ccc(CNc2ccc(NCCCS(=O)[O-])cc2)cc1. The lowest BCUT2D eigenvalue weighted by molar-refractivity contribution is 0.535. The molecule has 0 spiro atoms. The molecule has 0 aliphatic rings. The first-order valence-corrected chi connectivity index (χ1v) is 8.36. The van der Waals surface area contributed by atoms with Gasteiger partial charge in [-0.3, -0.25) is 4.21 Å². The smallest absolute Gasteiger partial charge is 0.0400 e. The second-order valence-corrected chi connectivity index (χ2v) is 5.98. The van der Waals surface area contributed by atoms with E-state index in [0.29, 0.717) is 13.0 Å². The summed E-state index contributed by atoms with van der Waals surface area (Å²) in [6.45, 7) is 1.38. The molecular weight excluding hydrogens is 298 g/mol. The van der Waals surface area contributed by atoms with E-state index in [0.717, 1.165) is 23.6 Å². The Hall–Kier alpha value is -2.05. The second kappa shape index (κ2) is 8.41. The summed E-state index contributed by atoms with van der Waals surface area (Å²) in [6.07, 6.45) is 0.604. The standard InChI is InChI=1S/C16H21N3O2S/c17-14-4-2-13(3-5-14)12-19-16-8-6-15(7-9-16)18-10-1-11-22(20)21/h2-9,18-19H,1,10-12,17H2,(H,20,21)/p-1. The minimum atomic E-state index is -1.96. The van der Waals surface area contributed by atoms with Crippen LogP contribution >= 0.6 is 0 Å². The fraction of sp³-hybridized carbons (Fsp3) is 0.250. The minimum Gasteiger partial charge on any atom is -0.772 e. The fourth-order valence-electron chi connectivity index (χ4n) is 1.97. The average molecular weight is 318 g/mol. The molecule has 0 radical (unpaired) electrons. The molecule has 22 heavy (non-hydrogen) atoms. The summed E-state index contributed by atoms with van der Waals surface area (Å²) in [4.78, 5) is 0. The van der Waals surface area contributed by atoms with Crippen molar-refractivity contribution < 1.29 is 8.76 Å². The van der Waals surface area contributed by atoms with E-state index in [2.05, 4.69) is 10.6 Å². The fourth-order valence-corrected chi connectivity index (χ4v) is 2.35. The Labute approximate surface area is 133 Å². The lowest BCUT2D eigenvalue weighted by atomic mass is 10.2. The van der Waals surface area contributed by atoms with Gasteiger partial charge >= 0.3 is 0 Å². The molecule has 118 valence electrons. The van der Waals surface area contributed by atoms with Crippen molar-refractivity contribution in [3.63, 3.8) is 0 Å². The summed E-state index contributed by atoms with van der Waals surface area (Å²) in [7, 11) is 0. The van der Waals surface area contributed by atoms with Crippen molar-refractivity contribution in [2.45, 2.75) is 13.0 Å². The van der Waals surface area contributed by atoms with Crippen LogP contribution in [0.1, 0.15) is 12.0 Å². The summed E-state index contributed by atoms with van der Waals surface area (Å²) < 4.78 is 20.8. The maximum Gasteiger partial charge on any atom is 0.0400 e. The first kappa shape index (κ1) is 16.3. The van der Waals surface area contributed by atoms with Crippen LogP contribution in [0.2, 0.25) is 0 Å². The zero-order valence-electron chi connectivity index (χ0n) is 12.2. The van der Waals surface area contributed by atoms with E-state index in [9.17, 15) is 8.76 Å². The molecule has 4 N–H and O–H groups in total. The van der Waals surface area contributed by atoms with E-state index in [-0.39, 0.29) is 5.75 Å².